The van der Waals surface area contributed by atoms with E-state index in [2.05, 4.69) is 10.1 Å². The highest BCUT2D eigenvalue weighted by Gasteiger charge is 2.33. The van der Waals surface area contributed by atoms with Crippen molar-refractivity contribution in [3.8, 4) is 5.75 Å². The van der Waals surface area contributed by atoms with Crippen molar-refractivity contribution in [3.63, 3.8) is 0 Å². The summed E-state index contributed by atoms with van der Waals surface area (Å²) in [6, 6.07) is 12.0. The smallest absolute Gasteiger partial charge is 0.387 e. The first-order valence-corrected chi connectivity index (χ1v) is 8.79. The van der Waals surface area contributed by atoms with Crippen LogP contribution >= 0.6 is 0 Å². The molecule has 1 saturated carbocycles. The normalized spacial score (nSPS) is 14.7. The van der Waals surface area contributed by atoms with Gasteiger partial charge in [-0.15, -0.1) is 0 Å². The van der Waals surface area contributed by atoms with Crippen LogP contribution in [0.4, 0.5) is 18.0 Å². The zero-order valence-electron chi connectivity index (χ0n) is 14.9. The van der Waals surface area contributed by atoms with Gasteiger partial charge in [0.2, 0.25) is 0 Å². The number of hydrogen-bond donors (Lipinski definition) is 1. The summed E-state index contributed by atoms with van der Waals surface area (Å²) in [6.45, 7) is -0.870. The lowest BCUT2D eigenvalue weighted by Crippen LogP contribution is -2.42. The molecule has 0 aromatic heterocycles. The van der Waals surface area contributed by atoms with Gasteiger partial charge in [0.1, 0.15) is 11.6 Å². The number of alkyl halides is 2. The van der Waals surface area contributed by atoms with Gasteiger partial charge in [-0.05, 0) is 43.5 Å². The van der Waals surface area contributed by atoms with Gasteiger partial charge >= 0.3 is 12.6 Å². The molecule has 3 rings (SSSR count). The van der Waals surface area contributed by atoms with Gasteiger partial charge < -0.3 is 15.0 Å². The zero-order chi connectivity index (χ0) is 19.4. The number of hydrogen-bond acceptors (Lipinski definition) is 2. The predicted octanol–water partition coefficient (Wildman–Crippen LogP) is 4.86. The Kier molecular flexibility index (Phi) is 5.88. The van der Waals surface area contributed by atoms with Crippen LogP contribution in [0.2, 0.25) is 0 Å². The van der Waals surface area contributed by atoms with E-state index in [1.807, 2.05) is 0 Å². The number of urea groups is 1. The molecule has 1 N–H and O–H groups in total. The average Bonchev–Trinajstić information content (AvgIpc) is 3.46. The molecule has 0 bridgehead atoms. The van der Waals surface area contributed by atoms with E-state index in [4.69, 9.17) is 0 Å². The van der Waals surface area contributed by atoms with Gasteiger partial charge in [-0.2, -0.15) is 8.78 Å². The van der Waals surface area contributed by atoms with Crippen LogP contribution in [0, 0.1) is 5.82 Å². The van der Waals surface area contributed by atoms with Crippen LogP contribution in [0.15, 0.2) is 48.5 Å². The second kappa shape index (κ2) is 8.33. The summed E-state index contributed by atoms with van der Waals surface area (Å²) < 4.78 is 42.7. The molecule has 144 valence electrons. The second-order valence-corrected chi connectivity index (χ2v) is 6.57. The number of ether oxygens (including phenoxy) is 1. The minimum absolute atomic E-state index is 0.0615. The highest BCUT2D eigenvalue weighted by Crippen LogP contribution is 2.29. The lowest BCUT2D eigenvalue weighted by Gasteiger charge is -2.25. The summed E-state index contributed by atoms with van der Waals surface area (Å²) in [4.78, 5) is 14.3. The van der Waals surface area contributed by atoms with E-state index in [0.717, 1.165) is 18.4 Å². The SMILES string of the molecule is CC(NC(=O)N(Cc1ccccc1F)C1CC1)c1ccc(OC(F)F)cc1. The van der Waals surface area contributed by atoms with Gasteiger partial charge in [0, 0.05) is 11.6 Å². The number of nitrogens with zero attached hydrogens (tertiary/aromatic N) is 1. The molecule has 1 unspecified atom stereocenters. The highest BCUT2D eigenvalue weighted by molar-refractivity contribution is 5.75. The molecule has 1 aliphatic carbocycles. The summed E-state index contributed by atoms with van der Waals surface area (Å²) in [5.74, 6) is -0.273. The topological polar surface area (TPSA) is 41.6 Å². The van der Waals surface area contributed by atoms with E-state index in [0.29, 0.717) is 5.56 Å². The number of halogens is 3. The quantitative estimate of drug-likeness (QED) is 0.747. The van der Waals surface area contributed by atoms with Crippen molar-refractivity contribution in [3.05, 3.63) is 65.5 Å². The number of nitrogens with one attached hydrogen (secondary N) is 1. The molecule has 0 spiro atoms. The molecule has 27 heavy (non-hydrogen) atoms. The summed E-state index contributed by atoms with van der Waals surface area (Å²) in [6.07, 6.45) is 1.80. The fraction of sp³-hybridized carbons (Fsp3) is 0.350. The van der Waals surface area contributed by atoms with Crippen LogP contribution in [0.1, 0.15) is 36.9 Å². The van der Waals surface area contributed by atoms with Crippen molar-refractivity contribution in [1.29, 1.82) is 0 Å². The number of amides is 2. The Balaban J connectivity index is 1.64. The molecular weight excluding hydrogens is 357 g/mol. The van der Waals surface area contributed by atoms with Gasteiger partial charge in [-0.25, -0.2) is 9.18 Å². The summed E-state index contributed by atoms with van der Waals surface area (Å²) in [5, 5.41) is 2.89. The van der Waals surface area contributed by atoms with Crippen molar-refractivity contribution >= 4 is 6.03 Å². The first kappa shape index (κ1) is 19.1. The molecule has 1 aliphatic rings. The average molecular weight is 378 g/mol. The third-order valence-electron chi connectivity index (χ3n) is 4.49. The van der Waals surface area contributed by atoms with Gasteiger partial charge in [-0.3, -0.25) is 0 Å². The van der Waals surface area contributed by atoms with Crippen molar-refractivity contribution in [2.75, 3.05) is 0 Å². The first-order chi connectivity index (χ1) is 12.9. The van der Waals surface area contributed by atoms with E-state index in [1.165, 1.54) is 18.2 Å². The molecule has 1 atom stereocenters. The number of rotatable bonds is 7. The van der Waals surface area contributed by atoms with Gasteiger partial charge in [0.25, 0.3) is 0 Å². The van der Waals surface area contributed by atoms with E-state index in [-0.39, 0.29) is 36.2 Å². The standard InChI is InChI=1S/C20H21F3N2O2/c1-13(14-6-10-17(11-7-14)27-19(22)23)24-20(26)25(16-8-9-16)12-15-4-2-3-5-18(15)21/h2-7,10-11,13,16,19H,8-9,12H2,1H3,(H,24,26). The second-order valence-electron chi connectivity index (χ2n) is 6.57. The maximum Gasteiger partial charge on any atom is 0.387 e. The Morgan fingerprint density at radius 1 is 1.19 bits per heavy atom. The Bertz CT molecular complexity index is 779. The molecule has 0 saturated heterocycles. The number of carbonyl (C=O) groups excluding carboxylic acids is 1. The highest BCUT2D eigenvalue weighted by atomic mass is 19.3. The van der Waals surface area contributed by atoms with Gasteiger partial charge in [0.05, 0.1) is 12.6 Å². The van der Waals surface area contributed by atoms with E-state index >= 15 is 0 Å². The van der Waals surface area contributed by atoms with Crippen LogP contribution in [0.5, 0.6) is 5.75 Å². The molecule has 2 amide bonds. The Labute approximate surface area is 155 Å². The minimum Gasteiger partial charge on any atom is -0.435 e. The maximum atomic E-state index is 13.9. The maximum absolute atomic E-state index is 13.9. The molecule has 0 heterocycles. The molecule has 2 aromatic rings. The molecule has 0 radical (unpaired) electrons. The van der Waals surface area contributed by atoms with E-state index < -0.39 is 6.61 Å². The molecule has 2 aromatic carbocycles. The Morgan fingerprint density at radius 3 is 2.44 bits per heavy atom. The molecule has 7 heteroatoms. The monoisotopic (exact) mass is 378 g/mol. The third kappa shape index (κ3) is 5.15. The summed E-state index contributed by atoms with van der Waals surface area (Å²) in [5.41, 5.74) is 1.23. The molecule has 1 fully saturated rings. The van der Waals surface area contributed by atoms with Crippen LogP contribution in [0.3, 0.4) is 0 Å². The number of carbonyl (C=O) groups is 1. The lowest BCUT2D eigenvalue weighted by atomic mass is 10.1. The Morgan fingerprint density at radius 2 is 1.85 bits per heavy atom. The van der Waals surface area contributed by atoms with Crippen molar-refractivity contribution in [2.24, 2.45) is 0 Å². The van der Waals surface area contributed by atoms with Crippen molar-refractivity contribution in [1.82, 2.24) is 10.2 Å². The van der Waals surface area contributed by atoms with Crippen LogP contribution in [0.25, 0.3) is 0 Å². The van der Waals surface area contributed by atoms with E-state index in [1.54, 1.807) is 42.2 Å². The zero-order valence-corrected chi connectivity index (χ0v) is 14.9. The summed E-state index contributed by atoms with van der Waals surface area (Å²) in [7, 11) is 0. The predicted molar refractivity (Wildman–Crippen MR) is 95.0 cm³/mol. The minimum atomic E-state index is -2.88. The van der Waals surface area contributed by atoms with Crippen LogP contribution < -0.4 is 10.1 Å². The molecule has 0 aliphatic heterocycles. The van der Waals surface area contributed by atoms with Crippen molar-refractivity contribution < 1.29 is 22.7 Å². The van der Waals surface area contributed by atoms with E-state index in [9.17, 15) is 18.0 Å². The lowest BCUT2D eigenvalue weighted by molar-refractivity contribution is -0.0498. The fourth-order valence-corrected chi connectivity index (χ4v) is 2.85. The number of benzene rings is 2. The van der Waals surface area contributed by atoms with Crippen LogP contribution in [-0.2, 0) is 6.54 Å². The van der Waals surface area contributed by atoms with Gasteiger partial charge in [0.15, 0.2) is 0 Å². The van der Waals surface area contributed by atoms with Crippen molar-refractivity contribution in [2.45, 2.75) is 45.0 Å². The fourth-order valence-electron chi connectivity index (χ4n) is 2.85. The molecular formula is C20H21F3N2O2. The first-order valence-electron chi connectivity index (χ1n) is 8.79. The Hall–Kier alpha value is -2.70. The third-order valence-corrected chi connectivity index (χ3v) is 4.49. The van der Waals surface area contributed by atoms with Gasteiger partial charge in [-0.1, -0.05) is 30.3 Å². The molecule has 4 nitrogen and oxygen atoms in total. The largest absolute Gasteiger partial charge is 0.435 e. The van der Waals surface area contributed by atoms with Crippen LogP contribution in [-0.4, -0.2) is 23.6 Å². The summed E-state index contributed by atoms with van der Waals surface area (Å²) >= 11 is 0.